The van der Waals surface area contributed by atoms with Crippen molar-refractivity contribution >= 4 is 22.1 Å². The summed E-state index contributed by atoms with van der Waals surface area (Å²) in [5.41, 5.74) is 1.01. The first-order valence-corrected chi connectivity index (χ1v) is 17.6. The lowest BCUT2D eigenvalue weighted by Crippen LogP contribution is -2.32. The molecule has 5 aromatic rings. The van der Waals surface area contributed by atoms with Gasteiger partial charge in [-0.3, -0.25) is 4.55 Å². The number of carbonyl (C=O) groups is 2. The molecule has 0 saturated carbocycles. The van der Waals surface area contributed by atoms with Crippen LogP contribution in [-0.2, 0) is 26.3 Å². The molecule has 0 spiro atoms. The molecule has 0 atom stereocenters. The van der Waals surface area contributed by atoms with E-state index in [1.54, 1.807) is 6.07 Å². The molecular weight excluding hydrogens is 704 g/mol. The highest BCUT2D eigenvalue weighted by Gasteiger charge is 2.20. The standard InChI is InChI=1S/C34H36N4O13S/c39-28-11-12-29(40)37(28)50-32(43)7-3-1-5-17-36-18-15-23(16-19-36)34-35-22-26(49-34)24-9-10-25(27(21-24)52(45,46)47)48-20-6-2-4-8-33(44)51-38-30(41)13-14-31(38)42/h9-16,18-19,21-22,35H,1-8,17,20H2,(H3,39,40,41,42,45,46,47)/p+1. The Hall–Kier alpha value is -6.01. The molecule has 4 heterocycles. The maximum Gasteiger partial charge on any atom is 0.333 e. The molecule has 0 bridgehead atoms. The maximum absolute atomic E-state index is 12.2. The van der Waals surface area contributed by atoms with Gasteiger partial charge < -0.3 is 39.3 Å². The minimum Gasteiger partial charge on any atom is -0.492 e. The van der Waals surface area contributed by atoms with Crippen molar-refractivity contribution in [1.29, 1.82) is 0 Å². The van der Waals surface area contributed by atoms with E-state index in [9.17, 15) is 43.0 Å². The average molecular weight is 742 g/mol. The number of rotatable bonds is 18. The number of aryl methyl sites for hydroxylation is 1. The SMILES string of the molecule is O=C(CCCCCOc1ccc(-c2cnc(-c3cc[n+](CCCCCC(=O)On4c(O)ccc4O)cc3)o2)cc1S(=O)(=O)O)On1c(O)ccc1O. The summed E-state index contributed by atoms with van der Waals surface area (Å²) in [5, 5.41) is 38.2. The minimum absolute atomic E-state index is 0.00358. The van der Waals surface area contributed by atoms with Gasteiger partial charge >= 0.3 is 11.9 Å². The average Bonchev–Trinajstić information content (AvgIpc) is 3.82. The van der Waals surface area contributed by atoms with E-state index >= 15 is 0 Å². The molecule has 4 aromatic heterocycles. The Bertz CT molecular complexity index is 2060. The topological polar surface area (TPSA) is 237 Å². The lowest BCUT2D eigenvalue weighted by atomic mass is 10.2. The van der Waals surface area contributed by atoms with Crippen LogP contribution in [0.2, 0.25) is 0 Å². The molecule has 0 unspecified atom stereocenters. The van der Waals surface area contributed by atoms with E-state index in [0.29, 0.717) is 58.7 Å². The lowest BCUT2D eigenvalue weighted by Gasteiger charge is -2.11. The number of aromatic nitrogens is 4. The van der Waals surface area contributed by atoms with E-state index in [1.165, 1.54) is 42.6 Å². The first-order valence-electron chi connectivity index (χ1n) is 16.2. The van der Waals surface area contributed by atoms with E-state index in [0.717, 1.165) is 12.8 Å². The van der Waals surface area contributed by atoms with Crippen molar-refractivity contribution in [1.82, 2.24) is 14.4 Å². The number of carbonyl (C=O) groups excluding carboxylic acids is 2. The van der Waals surface area contributed by atoms with Gasteiger partial charge in [-0.15, -0.1) is 9.46 Å². The van der Waals surface area contributed by atoms with Gasteiger partial charge in [0.1, 0.15) is 17.2 Å². The molecule has 52 heavy (non-hydrogen) atoms. The van der Waals surface area contributed by atoms with Crippen molar-refractivity contribution in [2.24, 2.45) is 0 Å². The van der Waals surface area contributed by atoms with Crippen molar-refractivity contribution in [2.75, 3.05) is 6.61 Å². The second-order valence-corrected chi connectivity index (χ2v) is 13.0. The van der Waals surface area contributed by atoms with Gasteiger partial charge in [0.25, 0.3) is 10.1 Å². The Balaban J connectivity index is 1.07. The number of pyridine rings is 1. The van der Waals surface area contributed by atoms with E-state index in [1.807, 2.05) is 29.1 Å². The molecule has 0 aliphatic heterocycles. The molecule has 0 saturated heterocycles. The van der Waals surface area contributed by atoms with Crippen LogP contribution in [0.4, 0.5) is 0 Å². The van der Waals surface area contributed by atoms with Crippen molar-refractivity contribution in [3.63, 3.8) is 0 Å². The van der Waals surface area contributed by atoms with E-state index < -0.39 is 38.7 Å². The van der Waals surface area contributed by atoms with Crippen molar-refractivity contribution in [3.8, 4) is 52.0 Å². The van der Waals surface area contributed by atoms with Crippen LogP contribution in [0.25, 0.3) is 22.8 Å². The molecular formula is C34H37N4O13S+. The van der Waals surface area contributed by atoms with Gasteiger partial charge in [-0.1, -0.05) is 0 Å². The van der Waals surface area contributed by atoms with Gasteiger partial charge in [0, 0.05) is 66.8 Å². The zero-order valence-electron chi connectivity index (χ0n) is 27.7. The van der Waals surface area contributed by atoms with Gasteiger partial charge in [0.05, 0.1) is 12.8 Å². The number of ether oxygens (including phenoxy) is 1. The molecule has 0 aliphatic carbocycles. The number of hydrogen-bond donors (Lipinski definition) is 5. The van der Waals surface area contributed by atoms with Gasteiger partial charge in [0.2, 0.25) is 29.4 Å². The highest BCUT2D eigenvalue weighted by atomic mass is 32.2. The molecule has 18 heteroatoms. The zero-order valence-corrected chi connectivity index (χ0v) is 28.5. The second-order valence-electron chi connectivity index (χ2n) is 11.6. The quantitative estimate of drug-likeness (QED) is 0.0488. The zero-order chi connectivity index (χ0) is 37.3. The van der Waals surface area contributed by atoms with Crippen LogP contribution in [0, 0.1) is 0 Å². The number of hydrogen-bond acceptors (Lipinski definition) is 13. The first kappa shape index (κ1) is 37.3. The molecule has 17 nitrogen and oxygen atoms in total. The van der Waals surface area contributed by atoms with Gasteiger partial charge in [-0.2, -0.15) is 8.42 Å². The highest BCUT2D eigenvalue weighted by molar-refractivity contribution is 7.86. The molecule has 276 valence electrons. The Morgan fingerprint density at radius 1 is 0.731 bits per heavy atom. The molecule has 0 amide bonds. The summed E-state index contributed by atoms with van der Waals surface area (Å²) in [6.45, 7) is 0.776. The smallest absolute Gasteiger partial charge is 0.333 e. The number of aromatic hydroxyl groups is 4. The van der Waals surface area contributed by atoms with Crippen molar-refractivity contribution < 1.29 is 66.4 Å². The van der Waals surface area contributed by atoms with Crippen LogP contribution in [0.5, 0.6) is 29.3 Å². The van der Waals surface area contributed by atoms with Gasteiger partial charge in [-0.05, 0) is 50.3 Å². The largest absolute Gasteiger partial charge is 0.492 e. The number of nitrogens with zero attached hydrogens (tertiary/aromatic N) is 4. The van der Waals surface area contributed by atoms with Crippen molar-refractivity contribution in [2.45, 2.75) is 62.8 Å². The summed E-state index contributed by atoms with van der Waals surface area (Å²) in [6.07, 6.45) is 8.71. The number of benzene rings is 1. The van der Waals surface area contributed by atoms with Crippen LogP contribution in [-0.4, -0.2) is 66.4 Å². The predicted molar refractivity (Wildman–Crippen MR) is 179 cm³/mol. The first-order chi connectivity index (χ1) is 24.9. The summed E-state index contributed by atoms with van der Waals surface area (Å²) in [4.78, 5) is 37.6. The van der Waals surface area contributed by atoms with Gasteiger partial charge in [-0.25, -0.2) is 19.1 Å². The van der Waals surface area contributed by atoms with E-state index in [4.69, 9.17) is 18.8 Å². The van der Waals surface area contributed by atoms with E-state index in [-0.39, 0.29) is 42.7 Å². The maximum atomic E-state index is 12.2. The lowest BCUT2D eigenvalue weighted by molar-refractivity contribution is -0.697. The van der Waals surface area contributed by atoms with E-state index in [2.05, 4.69) is 4.98 Å². The van der Waals surface area contributed by atoms with Crippen LogP contribution in [0.15, 0.2) is 82.5 Å². The molecule has 5 rings (SSSR count). The normalized spacial score (nSPS) is 11.4. The Labute approximate surface area is 297 Å². The number of unbranched alkanes of at least 4 members (excludes halogenated alkanes) is 4. The fraction of sp³-hybridized carbons (Fsp3) is 0.294. The molecule has 0 aliphatic rings. The molecule has 1 aromatic carbocycles. The van der Waals surface area contributed by atoms with Crippen LogP contribution < -0.4 is 19.0 Å². The number of oxazole rings is 1. The fourth-order valence-electron chi connectivity index (χ4n) is 5.03. The summed E-state index contributed by atoms with van der Waals surface area (Å²) < 4.78 is 49.1. The minimum atomic E-state index is -4.67. The third-order valence-corrected chi connectivity index (χ3v) is 8.59. The fourth-order valence-corrected chi connectivity index (χ4v) is 5.69. The Morgan fingerprint density at radius 3 is 1.85 bits per heavy atom. The summed E-state index contributed by atoms with van der Waals surface area (Å²) >= 11 is 0. The summed E-state index contributed by atoms with van der Waals surface area (Å²) in [7, 11) is -4.67. The molecule has 0 fully saturated rings. The Morgan fingerprint density at radius 2 is 1.29 bits per heavy atom. The van der Waals surface area contributed by atoms with Crippen LogP contribution in [0.1, 0.15) is 51.4 Å². The highest BCUT2D eigenvalue weighted by Crippen LogP contribution is 2.32. The van der Waals surface area contributed by atoms with Crippen LogP contribution >= 0.6 is 0 Å². The van der Waals surface area contributed by atoms with Gasteiger partial charge in [0.15, 0.2) is 18.2 Å². The third-order valence-electron chi connectivity index (χ3n) is 7.71. The molecule has 0 radical (unpaired) electrons. The summed E-state index contributed by atoms with van der Waals surface area (Å²) in [5.74, 6) is -2.34. The van der Waals surface area contributed by atoms with Crippen LogP contribution in [0.3, 0.4) is 0 Å². The monoisotopic (exact) mass is 741 g/mol. The van der Waals surface area contributed by atoms with Crippen molar-refractivity contribution in [3.05, 3.63) is 73.2 Å². The Kier molecular flexibility index (Phi) is 12.0. The second kappa shape index (κ2) is 16.8. The summed E-state index contributed by atoms with van der Waals surface area (Å²) in [6, 6.07) is 12.6. The molecule has 5 N–H and O–H groups in total. The predicted octanol–water partition coefficient (Wildman–Crippen LogP) is 3.78. The third kappa shape index (κ3) is 9.82.